The van der Waals surface area contributed by atoms with Gasteiger partial charge in [-0.1, -0.05) is 23.3 Å². The van der Waals surface area contributed by atoms with E-state index >= 15 is 0 Å². The van der Waals surface area contributed by atoms with Gasteiger partial charge in [-0.05, 0) is 26.2 Å². The first-order valence-electron chi connectivity index (χ1n) is 4.24. The number of rotatable bonds is 0. The van der Waals surface area contributed by atoms with Crippen molar-refractivity contribution in [3.8, 4) is 0 Å². The first-order valence-corrected chi connectivity index (χ1v) is 4.24. The van der Waals surface area contributed by atoms with Crippen LogP contribution in [0.5, 0.6) is 0 Å². The Labute approximate surface area is 67.4 Å². The van der Waals surface area contributed by atoms with Crippen LogP contribution >= 0.6 is 0 Å². The van der Waals surface area contributed by atoms with Crippen LogP contribution in [0.2, 0.25) is 0 Å². The standard InChI is InChI=1S/C10H14O/c1-6(2)10-8-4-3-7(11)5-9(8)10/h3-4,7-9,11H,5H2,1-2H3/t7-,8+,9+/m1/s1. The highest BCUT2D eigenvalue weighted by atomic mass is 16.3. The van der Waals surface area contributed by atoms with Gasteiger partial charge in [-0.15, -0.1) is 0 Å². The average molecular weight is 150 g/mol. The van der Waals surface area contributed by atoms with Crippen LogP contribution in [0.3, 0.4) is 0 Å². The lowest BCUT2D eigenvalue weighted by Gasteiger charge is -2.06. The Hall–Kier alpha value is -0.560. The van der Waals surface area contributed by atoms with Crippen LogP contribution in [0.1, 0.15) is 20.3 Å². The van der Waals surface area contributed by atoms with Crippen molar-refractivity contribution >= 4 is 0 Å². The van der Waals surface area contributed by atoms with Crippen LogP contribution in [-0.2, 0) is 0 Å². The summed E-state index contributed by atoms with van der Waals surface area (Å²) in [7, 11) is 0. The van der Waals surface area contributed by atoms with E-state index < -0.39 is 0 Å². The summed E-state index contributed by atoms with van der Waals surface area (Å²) >= 11 is 0. The van der Waals surface area contributed by atoms with Crippen LogP contribution in [0.25, 0.3) is 0 Å². The summed E-state index contributed by atoms with van der Waals surface area (Å²) in [5.74, 6) is 1.36. The molecule has 11 heavy (non-hydrogen) atoms. The highest BCUT2D eigenvalue weighted by Crippen LogP contribution is 2.53. The molecule has 0 unspecified atom stereocenters. The number of hydrogen-bond donors (Lipinski definition) is 1. The van der Waals surface area contributed by atoms with Crippen LogP contribution < -0.4 is 0 Å². The summed E-state index contributed by atoms with van der Waals surface area (Å²) in [6.45, 7) is 4.32. The molecule has 1 N–H and O–H groups in total. The fourth-order valence-electron chi connectivity index (χ4n) is 2.14. The minimum absolute atomic E-state index is 0.187. The molecule has 2 aliphatic rings. The third-order valence-corrected chi connectivity index (χ3v) is 2.70. The Morgan fingerprint density at radius 3 is 2.73 bits per heavy atom. The fourth-order valence-corrected chi connectivity index (χ4v) is 2.14. The number of fused-ring (bicyclic) bond motifs is 1. The zero-order valence-electron chi connectivity index (χ0n) is 7.04. The van der Waals surface area contributed by atoms with Gasteiger partial charge in [0, 0.05) is 5.92 Å². The van der Waals surface area contributed by atoms with Crippen molar-refractivity contribution in [1.82, 2.24) is 0 Å². The van der Waals surface area contributed by atoms with Gasteiger partial charge in [-0.25, -0.2) is 0 Å². The molecule has 0 aromatic heterocycles. The van der Waals surface area contributed by atoms with Crippen molar-refractivity contribution in [1.29, 1.82) is 0 Å². The van der Waals surface area contributed by atoms with Crippen molar-refractivity contribution in [3.63, 3.8) is 0 Å². The molecule has 3 atom stereocenters. The molecule has 0 radical (unpaired) electrons. The summed E-state index contributed by atoms with van der Waals surface area (Å²) in [5.41, 5.74) is 3.01. The third kappa shape index (κ3) is 1.04. The van der Waals surface area contributed by atoms with E-state index in [1.807, 2.05) is 6.08 Å². The van der Waals surface area contributed by atoms with E-state index in [-0.39, 0.29) is 6.10 Å². The Morgan fingerprint density at radius 1 is 1.45 bits per heavy atom. The molecule has 0 aliphatic heterocycles. The molecule has 0 aromatic rings. The maximum atomic E-state index is 9.30. The SMILES string of the molecule is CC(C)=C1[C@H]2C=C[C@@H](O)C[C@H]12. The predicted molar refractivity (Wildman–Crippen MR) is 45.1 cm³/mol. The van der Waals surface area contributed by atoms with E-state index in [9.17, 15) is 5.11 Å². The highest BCUT2D eigenvalue weighted by Gasteiger charge is 2.45. The monoisotopic (exact) mass is 150 g/mol. The molecule has 2 rings (SSSR count). The smallest absolute Gasteiger partial charge is 0.0727 e. The Bertz CT molecular complexity index is 233. The fraction of sp³-hybridized carbons (Fsp3) is 0.600. The highest BCUT2D eigenvalue weighted by molar-refractivity contribution is 5.40. The second kappa shape index (κ2) is 2.21. The molecule has 0 amide bonds. The Morgan fingerprint density at radius 2 is 2.18 bits per heavy atom. The van der Waals surface area contributed by atoms with Crippen molar-refractivity contribution in [2.75, 3.05) is 0 Å². The van der Waals surface area contributed by atoms with E-state index in [2.05, 4.69) is 19.9 Å². The second-order valence-electron chi connectivity index (χ2n) is 3.78. The molecule has 0 heterocycles. The molecule has 0 bridgehead atoms. The lowest BCUT2D eigenvalue weighted by molar-refractivity contribution is 0.199. The van der Waals surface area contributed by atoms with Gasteiger partial charge in [0.15, 0.2) is 0 Å². The zero-order chi connectivity index (χ0) is 8.01. The molecule has 1 fully saturated rings. The minimum Gasteiger partial charge on any atom is -0.389 e. The maximum absolute atomic E-state index is 9.30. The topological polar surface area (TPSA) is 20.2 Å². The van der Waals surface area contributed by atoms with E-state index in [0.717, 1.165) is 6.42 Å². The lowest BCUT2D eigenvalue weighted by Crippen LogP contribution is -2.06. The van der Waals surface area contributed by atoms with Gasteiger partial charge in [-0.3, -0.25) is 0 Å². The van der Waals surface area contributed by atoms with Gasteiger partial charge >= 0.3 is 0 Å². The Balaban J connectivity index is 2.20. The van der Waals surface area contributed by atoms with Crippen LogP contribution in [0.15, 0.2) is 23.3 Å². The van der Waals surface area contributed by atoms with Gasteiger partial charge in [0.25, 0.3) is 0 Å². The minimum atomic E-state index is -0.187. The summed E-state index contributed by atoms with van der Waals surface area (Å²) < 4.78 is 0. The number of aliphatic hydroxyl groups is 1. The second-order valence-corrected chi connectivity index (χ2v) is 3.78. The summed E-state index contributed by atoms with van der Waals surface area (Å²) in [4.78, 5) is 0. The molecule has 1 saturated carbocycles. The van der Waals surface area contributed by atoms with Crippen molar-refractivity contribution < 1.29 is 5.11 Å². The number of allylic oxidation sites excluding steroid dienone is 3. The predicted octanol–water partition coefficient (Wildman–Crippen LogP) is 1.89. The summed E-state index contributed by atoms with van der Waals surface area (Å²) in [5, 5.41) is 9.30. The van der Waals surface area contributed by atoms with Gasteiger partial charge in [0.2, 0.25) is 0 Å². The largest absolute Gasteiger partial charge is 0.389 e. The molecule has 2 aliphatic carbocycles. The van der Waals surface area contributed by atoms with Crippen molar-refractivity contribution in [2.24, 2.45) is 11.8 Å². The lowest BCUT2D eigenvalue weighted by atomic mass is 10.1. The first-order chi connectivity index (χ1) is 5.20. The first kappa shape index (κ1) is 7.11. The average Bonchev–Trinajstić information content (AvgIpc) is 2.60. The van der Waals surface area contributed by atoms with Crippen LogP contribution in [0.4, 0.5) is 0 Å². The molecule has 0 saturated heterocycles. The molecule has 0 aromatic carbocycles. The van der Waals surface area contributed by atoms with E-state index in [4.69, 9.17) is 0 Å². The van der Waals surface area contributed by atoms with Crippen LogP contribution in [0, 0.1) is 11.8 Å². The van der Waals surface area contributed by atoms with E-state index in [0.29, 0.717) is 11.8 Å². The van der Waals surface area contributed by atoms with E-state index in [1.165, 1.54) is 5.57 Å². The summed E-state index contributed by atoms with van der Waals surface area (Å²) in [6, 6.07) is 0. The molecule has 1 heteroatoms. The molecular formula is C10H14O. The van der Waals surface area contributed by atoms with E-state index in [1.54, 1.807) is 5.57 Å². The van der Waals surface area contributed by atoms with Gasteiger partial charge in [-0.2, -0.15) is 0 Å². The zero-order valence-corrected chi connectivity index (χ0v) is 7.04. The maximum Gasteiger partial charge on any atom is 0.0727 e. The molecule has 0 spiro atoms. The molecular weight excluding hydrogens is 136 g/mol. The quantitative estimate of drug-likeness (QED) is 0.523. The number of aliphatic hydroxyl groups excluding tert-OH is 1. The Kier molecular flexibility index (Phi) is 1.43. The molecule has 1 nitrogen and oxygen atoms in total. The van der Waals surface area contributed by atoms with Gasteiger partial charge in [0.05, 0.1) is 6.10 Å². The normalized spacial score (nSPS) is 40.3. The van der Waals surface area contributed by atoms with Gasteiger partial charge in [0.1, 0.15) is 0 Å². The van der Waals surface area contributed by atoms with Crippen molar-refractivity contribution in [3.05, 3.63) is 23.3 Å². The summed E-state index contributed by atoms with van der Waals surface area (Å²) in [6.07, 6.45) is 4.84. The van der Waals surface area contributed by atoms with Gasteiger partial charge < -0.3 is 5.11 Å². The van der Waals surface area contributed by atoms with Crippen LogP contribution in [-0.4, -0.2) is 11.2 Å². The van der Waals surface area contributed by atoms with Crippen molar-refractivity contribution in [2.45, 2.75) is 26.4 Å². The molecule has 60 valence electrons. The third-order valence-electron chi connectivity index (χ3n) is 2.70. The number of hydrogen-bond acceptors (Lipinski definition) is 1.